The third kappa shape index (κ3) is 5.25. The molecule has 2 aromatic carbocycles. The molecule has 0 spiro atoms. The summed E-state index contributed by atoms with van der Waals surface area (Å²) in [6, 6.07) is 15.0. The Hall–Kier alpha value is -2.56. The maximum absolute atomic E-state index is 6.07. The number of hydrogen-bond acceptors (Lipinski definition) is 4. The molecule has 4 nitrogen and oxygen atoms in total. The molecular weight excluding hydrogens is 400 g/mol. The molecule has 4 heteroatoms. The third-order valence-electron chi connectivity index (χ3n) is 6.19. The van der Waals surface area contributed by atoms with E-state index in [1.807, 2.05) is 0 Å². The molecule has 0 bridgehead atoms. The number of rotatable bonds is 8. The van der Waals surface area contributed by atoms with Gasteiger partial charge in [0, 0.05) is 5.56 Å². The second kappa shape index (κ2) is 8.76. The van der Waals surface area contributed by atoms with Crippen LogP contribution in [0.3, 0.4) is 0 Å². The quantitative estimate of drug-likeness (QED) is 0.495. The molecule has 0 radical (unpaired) electrons. The van der Waals surface area contributed by atoms with Crippen LogP contribution in [-0.4, -0.2) is 38.6 Å². The van der Waals surface area contributed by atoms with Crippen molar-refractivity contribution in [3.8, 4) is 11.5 Å². The van der Waals surface area contributed by atoms with E-state index in [0.29, 0.717) is 13.2 Å². The highest BCUT2D eigenvalue weighted by Gasteiger charge is 2.26. The highest BCUT2D eigenvalue weighted by atomic mass is 16.6. The normalized spacial score (nSPS) is 22.1. The van der Waals surface area contributed by atoms with Crippen LogP contribution in [0.4, 0.5) is 0 Å². The first-order chi connectivity index (χ1) is 15.5. The number of benzene rings is 2. The molecule has 0 saturated carbocycles. The Morgan fingerprint density at radius 2 is 1.34 bits per heavy atom. The predicted molar refractivity (Wildman–Crippen MR) is 127 cm³/mol. The number of allylic oxidation sites excluding steroid dienone is 4. The van der Waals surface area contributed by atoms with Crippen LogP contribution in [-0.2, 0) is 14.9 Å². The van der Waals surface area contributed by atoms with E-state index in [1.54, 1.807) is 0 Å². The van der Waals surface area contributed by atoms with Crippen LogP contribution in [0.1, 0.15) is 50.3 Å². The topological polar surface area (TPSA) is 43.5 Å². The lowest BCUT2D eigenvalue weighted by Crippen LogP contribution is -2.15. The van der Waals surface area contributed by atoms with Gasteiger partial charge in [-0.3, -0.25) is 0 Å². The Kier molecular flexibility index (Phi) is 5.83. The van der Waals surface area contributed by atoms with Crippen molar-refractivity contribution in [2.24, 2.45) is 0 Å². The zero-order valence-electron chi connectivity index (χ0n) is 19.2. The SMILES string of the molecule is CC(C)(C)c1cc(C2=CCC(c3ccc(OCC4CO4)cc3)=CC2)ccc1OCC1CO1. The predicted octanol–water partition coefficient (Wildman–Crippen LogP) is 5.80. The van der Waals surface area contributed by atoms with Gasteiger partial charge in [-0.2, -0.15) is 0 Å². The highest BCUT2D eigenvalue weighted by molar-refractivity contribution is 5.78. The molecule has 2 saturated heterocycles. The van der Waals surface area contributed by atoms with Gasteiger partial charge >= 0.3 is 0 Å². The van der Waals surface area contributed by atoms with Crippen molar-refractivity contribution < 1.29 is 18.9 Å². The van der Waals surface area contributed by atoms with Gasteiger partial charge in [-0.05, 0) is 64.8 Å². The fourth-order valence-corrected chi connectivity index (χ4v) is 4.01. The van der Waals surface area contributed by atoms with E-state index in [9.17, 15) is 0 Å². The zero-order valence-corrected chi connectivity index (χ0v) is 19.2. The summed E-state index contributed by atoms with van der Waals surface area (Å²) in [5.74, 6) is 1.88. The molecule has 2 unspecified atom stereocenters. The van der Waals surface area contributed by atoms with Crippen molar-refractivity contribution >= 4 is 11.1 Å². The molecule has 0 amide bonds. The first kappa shape index (κ1) is 21.3. The average molecular weight is 433 g/mol. The second-order valence-corrected chi connectivity index (χ2v) is 9.88. The van der Waals surface area contributed by atoms with Crippen molar-refractivity contribution in [3.05, 3.63) is 71.3 Å². The third-order valence-corrected chi connectivity index (χ3v) is 6.19. The lowest BCUT2D eigenvalue weighted by atomic mass is 9.83. The molecule has 0 aromatic heterocycles. The van der Waals surface area contributed by atoms with Crippen LogP contribution in [0.15, 0.2) is 54.6 Å². The Balaban J connectivity index is 1.26. The largest absolute Gasteiger partial charge is 0.491 e. The number of epoxide rings is 2. The van der Waals surface area contributed by atoms with Gasteiger partial charge in [0.2, 0.25) is 0 Å². The van der Waals surface area contributed by atoms with Crippen LogP contribution in [0.5, 0.6) is 11.5 Å². The molecule has 2 atom stereocenters. The molecule has 2 aromatic rings. The van der Waals surface area contributed by atoms with Gasteiger partial charge in [-0.15, -0.1) is 0 Å². The molecule has 5 rings (SSSR count). The van der Waals surface area contributed by atoms with E-state index in [-0.39, 0.29) is 17.6 Å². The minimum atomic E-state index is 0.0153. The summed E-state index contributed by atoms with van der Waals surface area (Å²) in [5.41, 5.74) is 6.55. The summed E-state index contributed by atoms with van der Waals surface area (Å²) < 4.78 is 22.3. The Bertz CT molecular complexity index is 1020. The number of hydrogen-bond donors (Lipinski definition) is 0. The summed E-state index contributed by atoms with van der Waals surface area (Å²) in [6.45, 7) is 9.64. The second-order valence-electron chi connectivity index (χ2n) is 9.88. The van der Waals surface area contributed by atoms with E-state index < -0.39 is 0 Å². The van der Waals surface area contributed by atoms with E-state index in [1.165, 1.54) is 27.8 Å². The fraction of sp³-hybridized carbons (Fsp3) is 0.429. The summed E-state index contributed by atoms with van der Waals surface area (Å²) in [7, 11) is 0. The minimum Gasteiger partial charge on any atom is -0.491 e. The van der Waals surface area contributed by atoms with Crippen LogP contribution in [0.2, 0.25) is 0 Å². The first-order valence-corrected chi connectivity index (χ1v) is 11.6. The molecule has 2 aliphatic heterocycles. The van der Waals surface area contributed by atoms with Gasteiger partial charge in [0.15, 0.2) is 0 Å². The van der Waals surface area contributed by atoms with Gasteiger partial charge in [-0.1, -0.05) is 51.1 Å². The first-order valence-electron chi connectivity index (χ1n) is 11.6. The summed E-state index contributed by atoms with van der Waals surface area (Å²) in [4.78, 5) is 0. The molecular formula is C28H32O4. The van der Waals surface area contributed by atoms with Crippen molar-refractivity contribution in [2.75, 3.05) is 26.4 Å². The minimum absolute atomic E-state index is 0.0153. The summed E-state index contributed by atoms with van der Waals surface area (Å²) in [5, 5.41) is 0. The van der Waals surface area contributed by atoms with Gasteiger partial charge in [0.05, 0.1) is 13.2 Å². The molecule has 2 fully saturated rings. The monoisotopic (exact) mass is 432 g/mol. The van der Waals surface area contributed by atoms with Crippen molar-refractivity contribution in [3.63, 3.8) is 0 Å². The van der Waals surface area contributed by atoms with Crippen LogP contribution < -0.4 is 9.47 Å². The van der Waals surface area contributed by atoms with Crippen LogP contribution >= 0.6 is 0 Å². The Labute approximate surface area is 190 Å². The summed E-state index contributed by atoms with van der Waals surface area (Å²) >= 11 is 0. The van der Waals surface area contributed by atoms with Crippen molar-refractivity contribution in [1.82, 2.24) is 0 Å². The van der Waals surface area contributed by atoms with Crippen LogP contribution in [0.25, 0.3) is 11.1 Å². The van der Waals surface area contributed by atoms with Gasteiger partial charge in [0.25, 0.3) is 0 Å². The lowest BCUT2D eigenvalue weighted by Gasteiger charge is -2.24. The molecule has 168 valence electrons. The molecule has 0 N–H and O–H groups in total. The van der Waals surface area contributed by atoms with E-state index in [4.69, 9.17) is 18.9 Å². The van der Waals surface area contributed by atoms with E-state index in [2.05, 4.69) is 75.4 Å². The zero-order chi connectivity index (χ0) is 22.1. The van der Waals surface area contributed by atoms with Crippen molar-refractivity contribution in [1.29, 1.82) is 0 Å². The molecule has 3 aliphatic rings. The van der Waals surface area contributed by atoms with Crippen LogP contribution in [0, 0.1) is 0 Å². The Morgan fingerprint density at radius 3 is 1.91 bits per heavy atom. The molecule has 1 aliphatic carbocycles. The lowest BCUT2D eigenvalue weighted by molar-refractivity contribution is 0.258. The maximum Gasteiger partial charge on any atom is 0.123 e. The van der Waals surface area contributed by atoms with E-state index >= 15 is 0 Å². The van der Waals surface area contributed by atoms with Gasteiger partial charge < -0.3 is 18.9 Å². The van der Waals surface area contributed by atoms with Gasteiger partial charge in [-0.25, -0.2) is 0 Å². The molecule has 2 heterocycles. The smallest absolute Gasteiger partial charge is 0.123 e. The van der Waals surface area contributed by atoms with Crippen molar-refractivity contribution in [2.45, 2.75) is 51.2 Å². The average Bonchev–Trinajstić information content (AvgIpc) is 3.71. The summed E-state index contributed by atoms with van der Waals surface area (Å²) in [6.07, 6.45) is 7.14. The Morgan fingerprint density at radius 1 is 0.781 bits per heavy atom. The molecule has 32 heavy (non-hydrogen) atoms. The van der Waals surface area contributed by atoms with Gasteiger partial charge in [0.1, 0.15) is 36.9 Å². The highest BCUT2D eigenvalue weighted by Crippen LogP contribution is 2.37. The van der Waals surface area contributed by atoms with E-state index in [0.717, 1.165) is 37.6 Å². The fourth-order valence-electron chi connectivity index (χ4n) is 4.01. The standard InChI is InChI=1S/C28H32O4/c1-28(2,3)26-14-22(10-13-27(26)32-18-25-17-31-25)21-6-4-19(5-7-21)20-8-11-23(12-9-20)29-15-24-16-30-24/h4,7-14,24-25H,5-6,15-18H2,1-3H3. The maximum atomic E-state index is 6.07. The number of ether oxygens (including phenoxy) is 4.